The average Bonchev–Trinajstić information content (AvgIpc) is 2.99. The van der Waals surface area contributed by atoms with E-state index in [0.29, 0.717) is 24.8 Å². The quantitative estimate of drug-likeness (QED) is 0.696. The van der Waals surface area contributed by atoms with Gasteiger partial charge in [0.2, 0.25) is 0 Å². The van der Waals surface area contributed by atoms with Gasteiger partial charge in [0.15, 0.2) is 0 Å². The van der Waals surface area contributed by atoms with Crippen LogP contribution < -0.4 is 5.32 Å². The van der Waals surface area contributed by atoms with Crippen LogP contribution in [0.1, 0.15) is 11.1 Å². The van der Waals surface area contributed by atoms with Crippen LogP contribution in [0.3, 0.4) is 0 Å². The van der Waals surface area contributed by atoms with Crippen LogP contribution in [0, 0.1) is 0 Å². The minimum absolute atomic E-state index is 0.302. The Kier molecular flexibility index (Phi) is 7.19. The number of hydrogen-bond donors (Lipinski definition) is 2. The lowest BCUT2D eigenvalue weighted by Crippen LogP contribution is -2.31. The summed E-state index contributed by atoms with van der Waals surface area (Å²) in [7, 11) is 0. The fourth-order valence-electron chi connectivity index (χ4n) is 1.92. The summed E-state index contributed by atoms with van der Waals surface area (Å²) in [5.74, 6) is 0. The SMILES string of the molecule is OC(CNCCc1ccsc1)COCc1ccccc1Cl. The molecule has 1 aromatic heterocycles. The molecule has 0 aliphatic carbocycles. The molecule has 2 aromatic rings. The van der Waals surface area contributed by atoms with Gasteiger partial charge >= 0.3 is 0 Å². The Morgan fingerprint density at radius 1 is 1.29 bits per heavy atom. The summed E-state index contributed by atoms with van der Waals surface area (Å²) < 4.78 is 5.49. The fraction of sp³-hybridized carbons (Fsp3) is 0.375. The predicted octanol–water partition coefficient (Wildman–Crippen LogP) is 3.11. The van der Waals surface area contributed by atoms with Gasteiger partial charge in [0.25, 0.3) is 0 Å². The minimum Gasteiger partial charge on any atom is -0.389 e. The second-order valence-electron chi connectivity index (χ2n) is 4.85. The maximum Gasteiger partial charge on any atom is 0.0897 e. The molecule has 5 heteroatoms. The third-order valence-electron chi connectivity index (χ3n) is 3.08. The maximum absolute atomic E-state index is 9.84. The Labute approximate surface area is 134 Å². The molecule has 0 aliphatic rings. The number of rotatable bonds is 9. The Bertz CT molecular complexity index is 519. The van der Waals surface area contributed by atoms with Gasteiger partial charge < -0.3 is 15.2 Å². The molecule has 0 amide bonds. The largest absolute Gasteiger partial charge is 0.389 e. The molecule has 0 aliphatic heterocycles. The first-order valence-electron chi connectivity index (χ1n) is 6.96. The zero-order valence-electron chi connectivity index (χ0n) is 11.8. The summed E-state index contributed by atoms with van der Waals surface area (Å²) in [6, 6.07) is 9.69. The molecule has 1 heterocycles. The lowest BCUT2D eigenvalue weighted by atomic mass is 10.2. The average molecular weight is 326 g/mol. The zero-order valence-corrected chi connectivity index (χ0v) is 13.4. The van der Waals surface area contributed by atoms with Crippen molar-refractivity contribution in [1.82, 2.24) is 5.32 Å². The van der Waals surface area contributed by atoms with Crippen molar-refractivity contribution in [3.8, 4) is 0 Å². The van der Waals surface area contributed by atoms with E-state index in [1.54, 1.807) is 11.3 Å². The van der Waals surface area contributed by atoms with Gasteiger partial charge in [-0.3, -0.25) is 0 Å². The lowest BCUT2D eigenvalue weighted by Gasteiger charge is -2.12. The highest BCUT2D eigenvalue weighted by atomic mass is 35.5. The summed E-state index contributed by atoms with van der Waals surface area (Å²) in [5.41, 5.74) is 2.27. The van der Waals surface area contributed by atoms with E-state index >= 15 is 0 Å². The van der Waals surface area contributed by atoms with Crippen molar-refractivity contribution in [2.24, 2.45) is 0 Å². The van der Waals surface area contributed by atoms with Crippen molar-refractivity contribution in [2.45, 2.75) is 19.1 Å². The molecule has 0 saturated carbocycles. The van der Waals surface area contributed by atoms with Gasteiger partial charge in [0.05, 0.1) is 19.3 Å². The van der Waals surface area contributed by atoms with Crippen LogP contribution in [0.5, 0.6) is 0 Å². The molecule has 0 bridgehead atoms. The molecule has 1 atom stereocenters. The van der Waals surface area contributed by atoms with Crippen molar-refractivity contribution < 1.29 is 9.84 Å². The number of ether oxygens (including phenoxy) is 1. The zero-order chi connectivity index (χ0) is 14.9. The highest BCUT2D eigenvalue weighted by Gasteiger charge is 2.05. The number of nitrogens with one attached hydrogen (secondary N) is 1. The van der Waals surface area contributed by atoms with Gasteiger partial charge in [-0.25, -0.2) is 0 Å². The van der Waals surface area contributed by atoms with Crippen LogP contribution >= 0.6 is 22.9 Å². The second-order valence-corrected chi connectivity index (χ2v) is 6.03. The smallest absolute Gasteiger partial charge is 0.0897 e. The van der Waals surface area contributed by atoms with E-state index < -0.39 is 6.10 Å². The van der Waals surface area contributed by atoms with Gasteiger partial charge in [-0.1, -0.05) is 29.8 Å². The fourth-order valence-corrected chi connectivity index (χ4v) is 2.81. The van der Waals surface area contributed by atoms with Gasteiger partial charge in [-0.2, -0.15) is 11.3 Å². The van der Waals surface area contributed by atoms with Crippen LogP contribution in [0.25, 0.3) is 0 Å². The second kappa shape index (κ2) is 9.18. The van der Waals surface area contributed by atoms with Crippen LogP contribution in [0.15, 0.2) is 41.1 Å². The van der Waals surface area contributed by atoms with Gasteiger partial charge in [0.1, 0.15) is 0 Å². The number of aliphatic hydroxyl groups is 1. The van der Waals surface area contributed by atoms with Crippen molar-refractivity contribution >= 4 is 22.9 Å². The molecule has 1 aromatic carbocycles. The molecule has 2 N–H and O–H groups in total. The van der Waals surface area contributed by atoms with Crippen molar-refractivity contribution in [3.63, 3.8) is 0 Å². The molecular weight excluding hydrogens is 306 g/mol. The van der Waals surface area contributed by atoms with Gasteiger partial charge in [-0.05, 0) is 47.0 Å². The Balaban J connectivity index is 1.55. The number of benzene rings is 1. The molecule has 0 saturated heterocycles. The van der Waals surface area contributed by atoms with Gasteiger partial charge in [0, 0.05) is 11.6 Å². The van der Waals surface area contributed by atoms with E-state index in [1.165, 1.54) is 5.56 Å². The van der Waals surface area contributed by atoms with Gasteiger partial charge in [-0.15, -0.1) is 0 Å². The van der Waals surface area contributed by atoms with E-state index in [1.807, 2.05) is 24.3 Å². The molecule has 21 heavy (non-hydrogen) atoms. The maximum atomic E-state index is 9.84. The summed E-state index contributed by atoms with van der Waals surface area (Å²) in [5, 5.41) is 18.0. The van der Waals surface area contributed by atoms with E-state index in [4.69, 9.17) is 16.3 Å². The van der Waals surface area contributed by atoms with Crippen LogP contribution in [-0.4, -0.2) is 30.9 Å². The van der Waals surface area contributed by atoms with E-state index in [0.717, 1.165) is 18.5 Å². The van der Waals surface area contributed by atoms with E-state index in [9.17, 15) is 5.11 Å². The topological polar surface area (TPSA) is 41.5 Å². The molecule has 3 nitrogen and oxygen atoms in total. The predicted molar refractivity (Wildman–Crippen MR) is 88.0 cm³/mol. The third kappa shape index (κ3) is 6.16. The first-order valence-corrected chi connectivity index (χ1v) is 8.29. The van der Waals surface area contributed by atoms with E-state index in [2.05, 4.69) is 22.1 Å². The number of hydrogen-bond acceptors (Lipinski definition) is 4. The highest BCUT2D eigenvalue weighted by Crippen LogP contribution is 2.15. The van der Waals surface area contributed by atoms with E-state index in [-0.39, 0.29) is 0 Å². The molecule has 2 rings (SSSR count). The monoisotopic (exact) mass is 325 g/mol. The Hall–Kier alpha value is -0.910. The molecule has 0 fully saturated rings. The molecule has 114 valence electrons. The number of thiophene rings is 1. The molecule has 0 spiro atoms. The standard InChI is InChI=1S/C16H20ClNO2S/c17-16-4-2-1-3-14(16)10-20-11-15(19)9-18-7-5-13-6-8-21-12-13/h1-4,6,8,12,15,18-19H,5,7,9-11H2. The summed E-state index contributed by atoms with van der Waals surface area (Å²) in [4.78, 5) is 0. The molecule has 0 radical (unpaired) electrons. The van der Waals surface area contributed by atoms with Crippen molar-refractivity contribution in [1.29, 1.82) is 0 Å². The molecular formula is C16H20ClNO2S. The molecule has 1 unspecified atom stereocenters. The van der Waals surface area contributed by atoms with Crippen LogP contribution in [-0.2, 0) is 17.8 Å². The minimum atomic E-state index is -0.505. The Morgan fingerprint density at radius 2 is 2.14 bits per heavy atom. The van der Waals surface area contributed by atoms with Crippen molar-refractivity contribution in [3.05, 3.63) is 57.2 Å². The van der Waals surface area contributed by atoms with Crippen LogP contribution in [0.2, 0.25) is 5.02 Å². The highest BCUT2D eigenvalue weighted by molar-refractivity contribution is 7.07. The van der Waals surface area contributed by atoms with Crippen molar-refractivity contribution in [2.75, 3.05) is 19.7 Å². The van der Waals surface area contributed by atoms with Crippen LogP contribution in [0.4, 0.5) is 0 Å². The first-order chi connectivity index (χ1) is 10.3. The first kappa shape index (κ1) is 16.5. The number of aliphatic hydroxyl groups excluding tert-OH is 1. The summed E-state index contributed by atoms with van der Waals surface area (Å²) in [6.07, 6.45) is 0.478. The Morgan fingerprint density at radius 3 is 2.90 bits per heavy atom. The summed E-state index contributed by atoms with van der Waals surface area (Å²) in [6.45, 7) is 2.12. The summed E-state index contributed by atoms with van der Waals surface area (Å²) >= 11 is 7.74. The lowest BCUT2D eigenvalue weighted by molar-refractivity contribution is 0.0290. The third-order valence-corrected chi connectivity index (χ3v) is 4.18. The number of halogens is 1. The normalized spacial score (nSPS) is 12.5.